The lowest BCUT2D eigenvalue weighted by Crippen LogP contribution is -2.01. The van der Waals surface area contributed by atoms with Crippen LogP contribution in [0.1, 0.15) is 24.3 Å². The van der Waals surface area contributed by atoms with Crippen molar-refractivity contribution >= 4 is 15.9 Å². The molecule has 18 heavy (non-hydrogen) atoms. The normalized spacial score (nSPS) is 12.4. The highest BCUT2D eigenvalue weighted by Crippen LogP contribution is 2.29. The van der Waals surface area contributed by atoms with Gasteiger partial charge in [-0.05, 0) is 19.1 Å². The minimum atomic E-state index is -0.574. The predicted octanol–water partition coefficient (Wildman–Crippen LogP) is 2.21. The van der Waals surface area contributed by atoms with Gasteiger partial charge in [-0.2, -0.15) is 0 Å². The summed E-state index contributed by atoms with van der Waals surface area (Å²) in [5.41, 5.74) is 1.50. The smallest absolute Gasteiger partial charge is 0.134 e. The van der Waals surface area contributed by atoms with Crippen molar-refractivity contribution in [1.82, 2.24) is 15.0 Å². The van der Waals surface area contributed by atoms with Crippen molar-refractivity contribution in [1.29, 1.82) is 0 Å². The Bertz CT molecular complexity index is 540. The van der Waals surface area contributed by atoms with E-state index < -0.39 is 6.10 Å². The maximum absolute atomic E-state index is 9.67. The monoisotopic (exact) mass is 311 g/mol. The van der Waals surface area contributed by atoms with Gasteiger partial charge in [-0.15, -0.1) is 5.10 Å². The van der Waals surface area contributed by atoms with Crippen molar-refractivity contribution in [2.24, 2.45) is 7.05 Å². The summed E-state index contributed by atoms with van der Waals surface area (Å²) in [5, 5.41) is 17.4. The molecule has 0 fully saturated rings. The van der Waals surface area contributed by atoms with E-state index >= 15 is 0 Å². The van der Waals surface area contributed by atoms with E-state index in [1.807, 2.05) is 18.2 Å². The first-order chi connectivity index (χ1) is 8.56. The van der Waals surface area contributed by atoms with Crippen molar-refractivity contribution < 1.29 is 9.84 Å². The van der Waals surface area contributed by atoms with E-state index in [9.17, 15) is 5.11 Å². The van der Waals surface area contributed by atoms with Crippen LogP contribution in [0.2, 0.25) is 0 Å². The number of nitrogens with zero attached hydrogens (tertiary/aromatic N) is 3. The highest BCUT2D eigenvalue weighted by atomic mass is 79.9. The Morgan fingerprint density at radius 3 is 2.89 bits per heavy atom. The van der Waals surface area contributed by atoms with Crippen molar-refractivity contribution in [3.63, 3.8) is 0 Å². The van der Waals surface area contributed by atoms with Gasteiger partial charge in [0.15, 0.2) is 0 Å². The number of hydrogen-bond acceptors (Lipinski definition) is 4. The Morgan fingerprint density at radius 1 is 1.50 bits per heavy atom. The van der Waals surface area contributed by atoms with Gasteiger partial charge < -0.3 is 9.84 Å². The minimum Gasteiger partial charge on any atom is -0.487 e. The molecule has 0 aliphatic heterocycles. The molecule has 0 aliphatic carbocycles. The molecular formula is C12H14BrN3O2. The molecule has 5 nitrogen and oxygen atoms in total. The first-order valence-electron chi connectivity index (χ1n) is 5.52. The van der Waals surface area contributed by atoms with Gasteiger partial charge in [-0.3, -0.25) is 4.68 Å². The Morgan fingerprint density at radius 2 is 2.28 bits per heavy atom. The Kier molecular flexibility index (Phi) is 3.98. The van der Waals surface area contributed by atoms with E-state index in [0.29, 0.717) is 12.4 Å². The van der Waals surface area contributed by atoms with Crippen LogP contribution < -0.4 is 4.74 Å². The SMILES string of the molecule is CC(O)c1ccc(Br)cc1OCc1cn(C)nn1. The predicted molar refractivity (Wildman–Crippen MR) is 70.1 cm³/mol. The van der Waals surface area contributed by atoms with Crippen LogP contribution >= 0.6 is 15.9 Å². The zero-order chi connectivity index (χ0) is 13.1. The maximum Gasteiger partial charge on any atom is 0.134 e. The topological polar surface area (TPSA) is 60.2 Å². The van der Waals surface area contributed by atoms with Crippen LogP contribution in [0.5, 0.6) is 5.75 Å². The summed E-state index contributed by atoms with van der Waals surface area (Å²) in [6, 6.07) is 5.54. The van der Waals surface area contributed by atoms with Crippen LogP contribution in [0, 0.1) is 0 Å². The average molecular weight is 312 g/mol. The van der Waals surface area contributed by atoms with Gasteiger partial charge in [0.2, 0.25) is 0 Å². The molecule has 96 valence electrons. The Labute approximate surface area is 114 Å². The second-order valence-corrected chi connectivity index (χ2v) is 4.95. The van der Waals surface area contributed by atoms with Crippen LogP contribution in [-0.4, -0.2) is 20.1 Å². The van der Waals surface area contributed by atoms with E-state index in [1.165, 1.54) is 0 Å². The molecule has 0 radical (unpaired) electrons. The van der Waals surface area contributed by atoms with Crippen molar-refractivity contribution in [3.8, 4) is 5.75 Å². The van der Waals surface area contributed by atoms with Crippen LogP contribution in [0.4, 0.5) is 0 Å². The number of benzene rings is 1. The highest BCUT2D eigenvalue weighted by molar-refractivity contribution is 9.10. The zero-order valence-electron chi connectivity index (χ0n) is 10.2. The number of ether oxygens (including phenoxy) is 1. The number of aromatic nitrogens is 3. The molecule has 1 heterocycles. The van der Waals surface area contributed by atoms with Crippen LogP contribution in [0.15, 0.2) is 28.9 Å². The first-order valence-corrected chi connectivity index (χ1v) is 6.31. The molecular weight excluding hydrogens is 298 g/mol. The third-order valence-electron chi connectivity index (χ3n) is 2.45. The number of aliphatic hydroxyl groups is 1. The lowest BCUT2D eigenvalue weighted by atomic mass is 10.1. The number of aryl methyl sites for hydroxylation is 1. The van der Waals surface area contributed by atoms with E-state index in [2.05, 4.69) is 26.2 Å². The molecule has 1 N–H and O–H groups in total. The quantitative estimate of drug-likeness (QED) is 0.940. The molecule has 0 bridgehead atoms. The van der Waals surface area contributed by atoms with Crippen molar-refractivity contribution in [2.45, 2.75) is 19.6 Å². The van der Waals surface area contributed by atoms with Crippen LogP contribution in [0.3, 0.4) is 0 Å². The highest BCUT2D eigenvalue weighted by Gasteiger charge is 2.10. The second kappa shape index (κ2) is 5.49. The third kappa shape index (κ3) is 3.08. The van der Waals surface area contributed by atoms with E-state index in [4.69, 9.17) is 4.74 Å². The van der Waals surface area contributed by atoms with Gasteiger partial charge in [0.1, 0.15) is 18.1 Å². The van der Waals surface area contributed by atoms with Crippen molar-refractivity contribution in [2.75, 3.05) is 0 Å². The number of hydrogen-bond donors (Lipinski definition) is 1. The fraction of sp³-hybridized carbons (Fsp3) is 0.333. The minimum absolute atomic E-state index is 0.323. The summed E-state index contributed by atoms with van der Waals surface area (Å²) in [6.07, 6.45) is 1.22. The fourth-order valence-corrected chi connectivity index (χ4v) is 1.93. The largest absolute Gasteiger partial charge is 0.487 e. The molecule has 0 aliphatic rings. The summed E-state index contributed by atoms with van der Waals surface area (Å²) >= 11 is 3.38. The van der Waals surface area contributed by atoms with Crippen molar-refractivity contribution in [3.05, 3.63) is 40.1 Å². The lowest BCUT2D eigenvalue weighted by molar-refractivity contribution is 0.189. The van der Waals surface area contributed by atoms with Gasteiger partial charge in [0.05, 0.1) is 12.3 Å². The molecule has 0 saturated carbocycles. The average Bonchev–Trinajstić information content (AvgIpc) is 2.72. The number of halogens is 1. The molecule has 1 atom stereocenters. The molecule has 0 spiro atoms. The van der Waals surface area contributed by atoms with E-state index in [0.717, 1.165) is 15.7 Å². The molecule has 2 rings (SSSR count). The van der Waals surface area contributed by atoms with Gasteiger partial charge >= 0.3 is 0 Å². The molecule has 0 saturated heterocycles. The lowest BCUT2D eigenvalue weighted by Gasteiger charge is -2.13. The Hall–Kier alpha value is -1.40. The summed E-state index contributed by atoms with van der Waals surface area (Å²) in [5.74, 6) is 0.644. The summed E-state index contributed by atoms with van der Waals surface area (Å²) in [4.78, 5) is 0. The molecule has 1 aromatic heterocycles. The van der Waals surface area contributed by atoms with Gasteiger partial charge in [0.25, 0.3) is 0 Å². The first kappa shape index (κ1) is 13.0. The zero-order valence-corrected chi connectivity index (χ0v) is 11.8. The van der Waals surface area contributed by atoms with Gasteiger partial charge in [-0.25, -0.2) is 0 Å². The summed E-state index contributed by atoms with van der Waals surface area (Å²) in [6.45, 7) is 2.03. The second-order valence-electron chi connectivity index (χ2n) is 4.03. The molecule has 6 heteroatoms. The van der Waals surface area contributed by atoms with E-state index in [-0.39, 0.29) is 0 Å². The van der Waals surface area contributed by atoms with Gasteiger partial charge in [0, 0.05) is 17.1 Å². The maximum atomic E-state index is 9.67. The molecule has 1 unspecified atom stereocenters. The fourth-order valence-electron chi connectivity index (χ4n) is 1.59. The summed E-state index contributed by atoms with van der Waals surface area (Å²) in [7, 11) is 1.80. The molecule has 1 aromatic carbocycles. The Balaban J connectivity index is 2.15. The standard InChI is InChI=1S/C12H14BrN3O2/c1-8(17)11-4-3-9(13)5-12(11)18-7-10-6-16(2)15-14-10/h3-6,8,17H,7H2,1-2H3. The van der Waals surface area contributed by atoms with Crippen LogP contribution in [-0.2, 0) is 13.7 Å². The van der Waals surface area contributed by atoms with E-state index in [1.54, 1.807) is 24.9 Å². The number of aliphatic hydroxyl groups excluding tert-OH is 1. The molecule has 2 aromatic rings. The number of rotatable bonds is 4. The third-order valence-corrected chi connectivity index (χ3v) is 2.94. The van der Waals surface area contributed by atoms with Gasteiger partial charge in [-0.1, -0.05) is 27.2 Å². The van der Waals surface area contributed by atoms with Crippen LogP contribution in [0.25, 0.3) is 0 Å². The summed E-state index contributed by atoms with van der Waals surface area (Å²) < 4.78 is 8.20. The molecule has 0 amide bonds.